The van der Waals surface area contributed by atoms with E-state index in [0.29, 0.717) is 17.4 Å². The molecule has 14 heteroatoms. The van der Waals surface area contributed by atoms with E-state index in [0.717, 1.165) is 31.6 Å². The number of methoxy groups -OCH3 is 2. The number of aromatic nitrogens is 2. The number of hydrogen-bond donors (Lipinski definition) is 3. The molecule has 4 N–H and O–H groups in total. The molecule has 1 atom stereocenters. The van der Waals surface area contributed by atoms with Crippen LogP contribution in [0.2, 0.25) is 0 Å². The zero-order chi connectivity index (χ0) is 32.8. The highest BCUT2D eigenvalue weighted by atomic mass is 32.2. The Labute approximate surface area is 263 Å². The van der Waals surface area contributed by atoms with E-state index in [1.165, 1.54) is 38.5 Å². The molecule has 0 aliphatic carbocycles. The molecule has 1 fully saturated rings. The molecule has 1 saturated heterocycles. The molecular weight excluding hydrogens is 600 g/mol. The van der Waals surface area contributed by atoms with Crippen LogP contribution in [0.15, 0.2) is 65.8 Å². The fourth-order valence-corrected chi connectivity index (χ4v) is 7.74. The fraction of sp³-hybridized carbons (Fsp3) is 0.419. The molecule has 0 unspecified atom stereocenters. The molecular formula is C31H40N6O7S. The Morgan fingerprint density at radius 2 is 1.64 bits per heavy atom. The van der Waals surface area contributed by atoms with E-state index in [1.54, 1.807) is 57.4 Å². The number of rotatable bonds is 11. The highest BCUT2D eigenvalue weighted by molar-refractivity contribution is 7.93. The number of carbonyl (C=O) groups excluding carboxylic acids is 2. The largest absolute Gasteiger partial charge is 0.497 e. The van der Waals surface area contributed by atoms with E-state index < -0.39 is 38.4 Å². The van der Waals surface area contributed by atoms with Gasteiger partial charge in [-0.05, 0) is 66.8 Å². The first-order valence-corrected chi connectivity index (χ1v) is 15.9. The summed E-state index contributed by atoms with van der Waals surface area (Å²) in [6, 6.07) is 12.6. The van der Waals surface area contributed by atoms with E-state index in [9.17, 15) is 18.0 Å². The summed E-state index contributed by atoms with van der Waals surface area (Å²) in [5.41, 5.74) is -0.217. The maximum Gasteiger partial charge on any atom is 0.348 e. The van der Waals surface area contributed by atoms with Gasteiger partial charge in [-0.1, -0.05) is 20.8 Å². The van der Waals surface area contributed by atoms with Crippen LogP contribution >= 0.6 is 0 Å². The van der Waals surface area contributed by atoms with E-state index in [-0.39, 0.29) is 16.5 Å². The predicted molar refractivity (Wildman–Crippen MR) is 169 cm³/mol. The molecule has 1 aromatic heterocycles. The summed E-state index contributed by atoms with van der Waals surface area (Å²) < 4.78 is 36.7. The van der Waals surface area contributed by atoms with Crippen LogP contribution in [0, 0.1) is 5.41 Å². The lowest BCUT2D eigenvalue weighted by Crippen LogP contribution is -2.63. The molecule has 2 aromatic carbocycles. The van der Waals surface area contributed by atoms with Gasteiger partial charge in [0.15, 0.2) is 14.6 Å². The zero-order valence-electron chi connectivity index (χ0n) is 26.1. The van der Waals surface area contributed by atoms with Gasteiger partial charge in [0.2, 0.25) is 5.95 Å². The van der Waals surface area contributed by atoms with E-state index in [2.05, 4.69) is 30.3 Å². The van der Waals surface area contributed by atoms with E-state index in [1.807, 2.05) is 0 Å². The number of benzene rings is 2. The van der Waals surface area contributed by atoms with Gasteiger partial charge in [0.05, 0.1) is 24.8 Å². The zero-order valence-corrected chi connectivity index (χ0v) is 26.9. The minimum Gasteiger partial charge on any atom is -0.497 e. The minimum atomic E-state index is -4.46. The molecule has 1 aliphatic rings. The minimum absolute atomic E-state index is 0.154. The lowest BCUT2D eigenvalue weighted by Gasteiger charge is -2.41. The van der Waals surface area contributed by atoms with Crippen molar-refractivity contribution in [1.82, 2.24) is 15.3 Å². The molecule has 2 heterocycles. The third-order valence-electron chi connectivity index (χ3n) is 8.15. The van der Waals surface area contributed by atoms with E-state index >= 15 is 0 Å². The third kappa shape index (κ3) is 6.81. The molecule has 13 nitrogen and oxygen atoms in total. The molecule has 4 rings (SSSR count). The van der Waals surface area contributed by atoms with Crippen LogP contribution < -0.4 is 30.9 Å². The van der Waals surface area contributed by atoms with Crippen LogP contribution in [-0.4, -0.2) is 74.9 Å². The van der Waals surface area contributed by atoms with Crippen LogP contribution in [0.4, 0.5) is 11.6 Å². The predicted octanol–water partition coefficient (Wildman–Crippen LogP) is 2.98. The van der Waals surface area contributed by atoms with Crippen LogP contribution in [0.25, 0.3) is 0 Å². The van der Waals surface area contributed by atoms with Crippen molar-refractivity contribution in [2.24, 2.45) is 11.3 Å². The second-order valence-corrected chi connectivity index (χ2v) is 13.9. The maximum atomic E-state index is 14.1. The standard InChI is InChI=1S/C31H40N6O7S/c1-30(2,3)31(28(39)44-32,45(40,41)24-10-8-23(42-4)9-11-24)20-35-27(38)21-7-12-25(26(19-21)43-5)37-17-13-22(14-18-37)36-29-33-15-6-16-34-29/h6-12,15-16,19,22H,13-14,17-18,20,32H2,1-5H3,(H,35,38)(H,33,34,36)/t31-/m0/s1. The van der Waals surface area contributed by atoms with Gasteiger partial charge in [-0.3, -0.25) is 4.79 Å². The van der Waals surface area contributed by atoms with Crippen molar-refractivity contribution in [3.63, 3.8) is 0 Å². The Kier molecular flexibility index (Phi) is 10.2. The summed E-state index contributed by atoms with van der Waals surface area (Å²) in [6.07, 6.45) is 5.08. The Morgan fingerprint density at radius 1 is 1.00 bits per heavy atom. The van der Waals surface area contributed by atoms with Crippen molar-refractivity contribution < 1.29 is 32.3 Å². The third-order valence-corrected chi connectivity index (χ3v) is 10.9. The van der Waals surface area contributed by atoms with Crippen LogP contribution in [-0.2, 0) is 19.5 Å². The number of hydrogen-bond acceptors (Lipinski definition) is 12. The van der Waals surface area contributed by atoms with Crippen LogP contribution in [0.5, 0.6) is 11.5 Å². The summed E-state index contributed by atoms with van der Waals surface area (Å²) >= 11 is 0. The summed E-state index contributed by atoms with van der Waals surface area (Å²) in [6.45, 7) is 5.59. The summed E-state index contributed by atoms with van der Waals surface area (Å²) in [5.74, 6) is 5.00. The monoisotopic (exact) mass is 640 g/mol. The average molecular weight is 641 g/mol. The normalized spacial score (nSPS) is 15.5. The van der Waals surface area contributed by atoms with Gasteiger partial charge < -0.3 is 29.8 Å². The van der Waals surface area contributed by atoms with Gasteiger partial charge in [-0.15, -0.1) is 0 Å². The molecule has 0 saturated carbocycles. The van der Waals surface area contributed by atoms with Crippen molar-refractivity contribution in [2.45, 2.75) is 49.3 Å². The van der Waals surface area contributed by atoms with Crippen molar-refractivity contribution in [3.8, 4) is 11.5 Å². The highest BCUT2D eigenvalue weighted by Crippen LogP contribution is 2.42. The smallest absolute Gasteiger partial charge is 0.348 e. The molecule has 0 spiro atoms. The average Bonchev–Trinajstić information content (AvgIpc) is 3.04. The molecule has 0 radical (unpaired) electrons. The lowest BCUT2D eigenvalue weighted by molar-refractivity contribution is -0.150. The summed E-state index contributed by atoms with van der Waals surface area (Å²) in [7, 11) is -1.49. The van der Waals surface area contributed by atoms with E-state index in [4.69, 9.17) is 15.4 Å². The van der Waals surface area contributed by atoms with Gasteiger partial charge in [-0.2, -0.15) is 5.90 Å². The first-order chi connectivity index (χ1) is 21.4. The van der Waals surface area contributed by atoms with Crippen molar-refractivity contribution in [3.05, 3.63) is 66.5 Å². The molecule has 242 valence electrons. The number of ether oxygens (including phenoxy) is 2. The summed E-state index contributed by atoms with van der Waals surface area (Å²) in [4.78, 5) is 41.8. The number of sulfone groups is 1. The van der Waals surface area contributed by atoms with Crippen molar-refractivity contribution in [1.29, 1.82) is 0 Å². The Bertz CT molecular complexity index is 1590. The van der Waals surface area contributed by atoms with Gasteiger partial charge in [-0.25, -0.2) is 23.2 Å². The number of nitrogens with one attached hydrogen (secondary N) is 2. The van der Waals surface area contributed by atoms with Crippen LogP contribution in [0.3, 0.4) is 0 Å². The summed E-state index contributed by atoms with van der Waals surface area (Å²) in [5, 5.41) is 6.01. The Balaban J connectivity index is 1.54. The van der Waals surface area contributed by atoms with Crippen LogP contribution in [0.1, 0.15) is 44.0 Å². The van der Waals surface area contributed by atoms with Gasteiger partial charge in [0, 0.05) is 43.6 Å². The molecule has 45 heavy (non-hydrogen) atoms. The second kappa shape index (κ2) is 13.7. The number of piperidine rings is 1. The fourth-order valence-electron chi connectivity index (χ4n) is 5.51. The second-order valence-electron chi connectivity index (χ2n) is 11.7. The van der Waals surface area contributed by atoms with Gasteiger partial charge in [0.25, 0.3) is 5.91 Å². The first-order valence-electron chi connectivity index (χ1n) is 14.4. The number of nitrogens with two attached hydrogens (primary N) is 1. The van der Waals surface area contributed by atoms with Crippen molar-refractivity contribution >= 4 is 33.3 Å². The molecule has 1 amide bonds. The highest BCUT2D eigenvalue weighted by Gasteiger charge is 2.61. The number of amides is 1. The van der Waals surface area contributed by atoms with Crippen molar-refractivity contribution in [2.75, 3.05) is 44.1 Å². The maximum absolute atomic E-state index is 14.1. The Hall–Kier alpha value is -4.43. The molecule has 1 aliphatic heterocycles. The Morgan fingerprint density at radius 3 is 2.20 bits per heavy atom. The molecule has 0 bridgehead atoms. The quantitative estimate of drug-likeness (QED) is 0.262. The first kappa shape index (κ1) is 33.5. The SMILES string of the molecule is COc1ccc(S(=O)(=O)[C@@](CNC(=O)c2ccc(N3CCC(Nc4ncccn4)CC3)c(OC)c2)(C(=O)ON)C(C)(C)C)cc1. The number of nitrogens with zero attached hydrogens (tertiary/aromatic N) is 3. The van der Waals surface area contributed by atoms with Gasteiger partial charge >= 0.3 is 5.97 Å². The number of anilines is 2. The lowest BCUT2D eigenvalue weighted by atomic mass is 9.79. The topological polar surface area (TPSA) is 175 Å². The number of carbonyl (C=O) groups is 2. The van der Waals surface area contributed by atoms with Gasteiger partial charge in [0.1, 0.15) is 11.5 Å². The molecule has 3 aromatic rings.